The average molecular weight is 345 g/mol. The number of rotatable bonds is 6. The molecule has 0 atom stereocenters. The van der Waals surface area contributed by atoms with Gasteiger partial charge in [-0.1, -0.05) is 49.6 Å². The molecule has 0 saturated heterocycles. The van der Waals surface area contributed by atoms with Crippen LogP contribution in [0, 0.1) is 0 Å². The third kappa shape index (κ3) is 4.24. The molecule has 0 N–H and O–H groups in total. The van der Waals surface area contributed by atoms with E-state index in [4.69, 9.17) is 21.1 Å². The van der Waals surface area contributed by atoms with Gasteiger partial charge in [0, 0.05) is 11.6 Å². The summed E-state index contributed by atoms with van der Waals surface area (Å²) in [6.07, 6.45) is 6.81. The first-order valence-electron chi connectivity index (χ1n) is 8.74. The van der Waals surface area contributed by atoms with E-state index in [1.807, 2.05) is 18.2 Å². The fourth-order valence-corrected chi connectivity index (χ4v) is 3.63. The number of alkyl halides is 1. The topological polar surface area (TPSA) is 18.5 Å². The zero-order valence-electron chi connectivity index (χ0n) is 14.3. The molecule has 0 amide bonds. The lowest BCUT2D eigenvalue weighted by molar-refractivity contribution is 0.303. The van der Waals surface area contributed by atoms with Crippen molar-refractivity contribution in [3.05, 3.63) is 59.2 Å². The van der Waals surface area contributed by atoms with Crippen LogP contribution in [0.25, 0.3) is 0 Å². The normalized spacial score (nSPS) is 15.2. The van der Waals surface area contributed by atoms with Crippen LogP contribution in [-0.4, -0.2) is 7.11 Å². The molecule has 0 unspecified atom stereocenters. The molecule has 0 heterocycles. The van der Waals surface area contributed by atoms with Gasteiger partial charge in [0.25, 0.3) is 0 Å². The van der Waals surface area contributed by atoms with Crippen molar-refractivity contribution in [1.29, 1.82) is 0 Å². The van der Waals surface area contributed by atoms with Gasteiger partial charge in [0.2, 0.25) is 0 Å². The van der Waals surface area contributed by atoms with E-state index in [1.165, 1.54) is 43.2 Å². The second kappa shape index (κ2) is 8.43. The van der Waals surface area contributed by atoms with Crippen LogP contribution in [0.1, 0.15) is 54.7 Å². The number of halogens is 1. The van der Waals surface area contributed by atoms with E-state index in [0.29, 0.717) is 12.5 Å². The van der Waals surface area contributed by atoms with Crippen LogP contribution >= 0.6 is 11.6 Å². The molecule has 0 aliphatic heterocycles. The number of benzene rings is 2. The average Bonchev–Trinajstić information content (AvgIpc) is 2.67. The first-order valence-corrected chi connectivity index (χ1v) is 9.28. The molecular formula is C21H25ClO2. The SMILES string of the molecule is COc1cc(OCc2ccc(C3CCCCC3)cc2)ccc1CCl. The van der Waals surface area contributed by atoms with Crippen LogP contribution in [0.3, 0.4) is 0 Å². The summed E-state index contributed by atoms with van der Waals surface area (Å²) in [6, 6.07) is 14.7. The molecular weight excluding hydrogens is 320 g/mol. The predicted molar refractivity (Wildman–Crippen MR) is 99.2 cm³/mol. The minimum Gasteiger partial charge on any atom is -0.496 e. The fourth-order valence-electron chi connectivity index (χ4n) is 3.41. The first-order chi connectivity index (χ1) is 11.8. The Balaban J connectivity index is 1.60. The van der Waals surface area contributed by atoms with E-state index in [-0.39, 0.29) is 0 Å². The first kappa shape index (κ1) is 17.2. The number of methoxy groups -OCH3 is 1. The Morgan fingerprint density at radius 3 is 2.42 bits per heavy atom. The smallest absolute Gasteiger partial charge is 0.126 e. The van der Waals surface area contributed by atoms with Gasteiger partial charge in [-0.2, -0.15) is 0 Å². The molecule has 0 spiro atoms. The molecule has 2 aromatic carbocycles. The molecule has 1 aliphatic carbocycles. The lowest BCUT2D eigenvalue weighted by Gasteiger charge is -2.22. The van der Waals surface area contributed by atoms with Gasteiger partial charge in [-0.05, 0) is 36.0 Å². The maximum Gasteiger partial charge on any atom is 0.126 e. The largest absolute Gasteiger partial charge is 0.496 e. The maximum absolute atomic E-state index is 5.90. The minimum atomic E-state index is 0.437. The highest BCUT2D eigenvalue weighted by Crippen LogP contribution is 2.32. The summed E-state index contributed by atoms with van der Waals surface area (Å²) in [4.78, 5) is 0. The highest BCUT2D eigenvalue weighted by molar-refractivity contribution is 6.17. The van der Waals surface area contributed by atoms with Gasteiger partial charge >= 0.3 is 0 Å². The maximum atomic E-state index is 5.90. The predicted octanol–water partition coefficient (Wildman–Crippen LogP) is 6.06. The highest BCUT2D eigenvalue weighted by atomic mass is 35.5. The molecule has 0 radical (unpaired) electrons. The summed E-state index contributed by atoms with van der Waals surface area (Å²) in [5, 5.41) is 0. The van der Waals surface area contributed by atoms with Crippen molar-refractivity contribution >= 4 is 11.6 Å². The van der Waals surface area contributed by atoms with Crippen LogP contribution in [0.2, 0.25) is 0 Å². The highest BCUT2D eigenvalue weighted by Gasteiger charge is 2.15. The van der Waals surface area contributed by atoms with Crippen molar-refractivity contribution in [2.45, 2.75) is 50.5 Å². The van der Waals surface area contributed by atoms with Gasteiger partial charge in [0.15, 0.2) is 0 Å². The van der Waals surface area contributed by atoms with Gasteiger partial charge in [0.05, 0.1) is 13.0 Å². The van der Waals surface area contributed by atoms with Gasteiger partial charge in [0.1, 0.15) is 18.1 Å². The lowest BCUT2D eigenvalue weighted by atomic mass is 9.84. The van der Waals surface area contributed by atoms with E-state index in [0.717, 1.165) is 23.0 Å². The van der Waals surface area contributed by atoms with Crippen LogP contribution in [0.5, 0.6) is 11.5 Å². The van der Waals surface area contributed by atoms with Crippen molar-refractivity contribution in [3.63, 3.8) is 0 Å². The third-order valence-electron chi connectivity index (χ3n) is 4.86. The molecule has 2 aromatic rings. The van der Waals surface area contributed by atoms with Gasteiger partial charge in [-0.3, -0.25) is 0 Å². The standard InChI is InChI=1S/C21H25ClO2/c1-23-21-13-20(12-11-19(21)14-22)24-15-16-7-9-18(10-8-16)17-5-3-2-4-6-17/h7-13,17H,2-6,14-15H2,1H3. The molecule has 3 rings (SSSR count). The zero-order valence-corrected chi connectivity index (χ0v) is 15.0. The summed E-state index contributed by atoms with van der Waals surface area (Å²) < 4.78 is 11.2. The van der Waals surface area contributed by atoms with Crippen molar-refractivity contribution in [2.24, 2.45) is 0 Å². The summed E-state index contributed by atoms with van der Waals surface area (Å²) >= 11 is 5.89. The Morgan fingerprint density at radius 2 is 1.75 bits per heavy atom. The summed E-state index contributed by atoms with van der Waals surface area (Å²) in [6.45, 7) is 0.564. The molecule has 1 aliphatic rings. The Bertz CT molecular complexity index is 645. The van der Waals surface area contributed by atoms with Crippen LogP contribution < -0.4 is 9.47 Å². The monoisotopic (exact) mass is 344 g/mol. The van der Waals surface area contributed by atoms with Crippen molar-refractivity contribution in [1.82, 2.24) is 0 Å². The third-order valence-corrected chi connectivity index (χ3v) is 5.15. The van der Waals surface area contributed by atoms with E-state index >= 15 is 0 Å². The van der Waals surface area contributed by atoms with Gasteiger partial charge in [-0.25, -0.2) is 0 Å². The number of hydrogen-bond donors (Lipinski definition) is 0. The molecule has 0 bridgehead atoms. The molecule has 2 nitrogen and oxygen atoms in total. The van der Waals surface area contributed by atoms with Gasteiger partial charge in [-0.15, -0.1) is 11.6 Å². The van der Waals surface area contributed by atoms with Gasteiger partial charge < -0.3 is 9.47 Å². The molecule has 128 valence electrons. The Hall–Kier alpha value is -1.67. The van der Waals surface area contributed by atoms with Crippen molar-refractivity contribution in [2.75, 3.05) is 7.11 Å². The van der Waals surface area contributed by atoms with E-state index in [1.54, 1.807) is 7.11 Å². The summed E-state index contributed by atoms with van der Waals surface area (Å²) in [5.41, 5.74) is 3.64. The molecule has 3 heteroatoms. The Morgan fingerprint density at radius 1 is 1.00 bits per heavy atom. The van der Waals surface area contributed by atoms with Crippen molar-refractivity contribution < 1.29 is 9.47 Å². The van der Waals surface area contributed by atoms with E-state index < -0.39 is 0 Å². The summed E-state index contributed by atoms with van der Waals surface area (Å²) in [5.74, 6) is 2.76. The van der Waals surface area contributed by atoms with Crippen LogP contribution in [0.4, 0.5) is 0 Å². The van der Waals surface area contributed by atoms with E-state index in [2.05, 4.69) is 24.3 Å². The Labute approximate surface area is 149 Å². The number of hydrogen-bond acceptors (Lipinski definition) is 2. The molecule has 1 saturated carbocycles. The molecule has 0 aromatic heterocycles. The number of ether oxygens (including phenoxy) is 2. The zero-order chi connectivity index (χ0) is 16.8. The second-order valence-electron chi connectivity index (χ2n) is 6.47. The van der Waals surface area contributed by atoms with Crippen LogP contribution in [-0.2, 0) is 12.5 Å². The Kier molecular flexibility index (Phi) is 6.03. The second-order valence-corrected chi connectivity index (χ2v) is 6.74. The fraction of sp³-hybridized carbons (Fsp3) is 0.429. The quantitative estimate of drug-likeness (QED) is 0.593. The molecule has 24 heavy (non-hydrogen) atoms. The minimum absolute atomic E-state index is 0.437. The van der Waals surface area contributed by atoms with Crippen LogP contribution in [0.15, 0.2) is 42.5 Å². The van der Waals surface area contributed by atoms with E-state index in [9.17, 15) is 0 Å². The molecule has 1 fully saturated rings. The van der Waals surface area contributed by atoms with Crippen molar-refractivity contribution in [3.8, 4) is 11.5 Å². The summed E-state index contributed by atoms with van der Waals surface area (Å²) in [7, 11) is 1.65. The lowest BCUT2D eigenvalue weighted by Crippen LogP contribution is -2.04.